The number of amides is 2. The zero-order valence-corrected chi connectivity index (χ0v) is 27.6. The van der Waals surface area contributed by atoms with Crippen molar-refractivity contribution in [3.63, 3.8) is 0 Å². The second kappa shape index (κ2) is 13.5. The number of unbranched alkanes of at least 4 members (excludes halogenated alkanes) is 1. The van der Waals surface area contributed by atoms with E-state index in [-0.39, 0.29) is 24.7 Å². The number of pyridine rings is 1. The van der Waals surface area contributed by atoms with E-state index in [2.05, 4.69) is 9.55 Å². The van der Waals surface area contributed by atoms with Crippen LogP contribution in [0.3, 0.4) is 0 Å². The molecule has 1 aliphatic rings. The first-order valence-electron chi connectivity index (χ1n) is 15.5. The summed E-state index contributed by atoms with van der Waals surface area (Å²) in [4.78, 5) is 38.7. The summed E-state index contributed by atoms with van der Waals surface area (Å²) < 4.78 is 37.1. The number of ether oxygens (including phenoxy) is 2. The smallest absolute Gasteiger partial charge is 0.410 e. The Hall–Kier alpha value is -4.39. The van der Waals surface area contributed by atoms with Gasteiger partial charge < -0.3 is 29.6 Å². The molecule has 1 aliphatic heterocycles. The molecule has 3 heterocycles. The van der Waals surface area contributed by atoms with Gasteiger partial charge in [-0.25, -0.2) is 28.0 Å². The van der Waals surface area contributed by atoms with Crippen molar-refractivity contribution >= 4 is 49.8 Å². The summed E-state index contributed by atoms with van der Waals surface area (Å²) in [6, 6.07) is 16.8. The van der Waals surface area contributed by atoms with Gasteiger partial charge in [-0.3, -0.25) is 0 Å². The van der Waals surface area contributed by atoms with Crippen LogP contribution in [0.5, 0.6) is 0 Å². The predicted octanol–water partition coefficient (Wildman–Crippen LogP) is 5.14. The number of imidazole rings is 1. The zero-order chi connectivity index (χ0) is 33.1. The van der Waals surface area contributed by atoms with Crippen LogP contribution in [-0.2, 0) is 39.0 Å². The number of aromatic nitrogens is 3. The number of fused-ring (bicyclic) bond motifs is 3. The first kappa shape index (κ1) is 33.0. The van der Waals surface area contributed by atoms with Crippen LogP contribution < -0.4 is 5.73 Å². The van der Waals surface area contributed by atoms with Crippen LogP contribution in [0.1, 0.15) is 51.9 Å². The Morgan fingerprint density at radius 3 is 2.37 bits per heavy atom. The molecule has 246 valence electrons. The molecule has 1 fully saturated rings. The fourth-order valence-electron chi connectivity index (χ4n) is 5.57. The number of hydrogen-bond donors (Lipinski definition) is 1. The van der Waals surface area contributed by atoms with Crippen molar-refractivity contribution in [2.75, 3.05) is 30.3 Å². The van der Waals surface area contributed by atoms with E-state index in [9.17, 15) is 18.0 Å². The molecule has 2 N–H and O–H groups in total. The number of carbonyl (C=O) groups excluding carboxylic acids is 2. The molecule has 0 atom stereocenters. The van der Waals surface area contributed by atoms with Gasteiger partial charge in [0.15, 0.2) is 15.7 Å². The minimum absolute atomic E-state index is 0.0615. The van der Waals surface area contributed by atoms with Gasteiger partial charge >= 0.3 is 12.2 Å². The number of hydrogen-bond acceptors (Lipinski definition) is 9. The number of benzene rings is 2. The molecular weight excluding hydrogens is 608 g/mol. The fourth-order valence-corrected chi connectivity index (χ4v) is 7.00. The second-order valence-electron chi connectivity index (χ2n) is 12.6. The Morgan fingerprint density at radius 1 is 1.00 bits per heavy atom. The Morgan fingerprint density at radius 2 is 1.70 bits per heavy atom. The normalized spacial score (nSPS) is 14.6. The van der Waals surface area contributed by atoms with E-state index in [1.807, 2.05) is 61.5 Å². The number of aryl methyl sites for hydroxylation is 1. The first-order chi connectivity index (χ1) is 21.8. The summed E-state index contributed by atoms with van der Waals surface area (Å²) in [7, 11) is -3.14. The summed E-state index contributed by atoms with van der Waals surface area (Å²) in [5, 5.41) is 0.884. The lowest BCUT2D eigenvalue weighted by Gasteiger charge is -2.37. The lowest BCUT2D eigenvalue weighted by Crippen LogP contribution is -2.56. The van der Waals surface area contributed by atoms with Crippen molar-refractivity contribution in [2.24, 2.45) is 0 Å². The third-order valence-corrected chi connectivity index (χ3v) is 9.64. The average Bonchev–Trinajstić information content (AvgIpc) is 3.36. The topological polar surface area (TPSA) is 150 Å². The Bertz CT molecular complexity index is 1810. The SMILES string of the molecule is CCN(Cc1nc2c(N)nc3ccccc3c2n1CCCCN(C(=O)OC(C)(C)C)C1CS(=O)(=O)C1)C(=O)OCc1ccccc1. The number of anilines is 1. The van der Waals surface area contributed by atoms with Crippen molar-refractivity contribution < 1.29 is 27.5 Å². The maximum Gasteiger partial charge on any atom is 0.410 e. The van der Waals surface area contributed by atoms with Gasteiger partial charge in [-0.05, 0) is 52.2 Å². The van der Waals surface area contributed by atoms with Crippen molar-refractivity contribution in [1.82, 2.24) is 24.3 Å². The number of nitrogen functional groups attached to an aromatic ring is 1. The number of carbonyl (C=O) groups is 2. The first-order valence-corrected chi connectivity index (χ1v) is 17.4. The monoisotopic (exact) mass is 650 g/mol. The third kappa shape index (κ3) is 7.69. The number of nitrogens with zero attached hydrogens (tertiary/aromatic N) is 5. The van der Waals surface area contributed by atoms with Crippen LogP contribution in [-0.4, -0.2) is 81.2 Å². The van der Waals surface area contributed by atoms with Crippen LogP contribution in [0, 0.1) is 0 Å². The van der Waals surface area contributed by atoms with Crippen LogP contribution in [0.2, 0.25) is 0 Å². The zero-order valence-electron chi connectivity index (χ0n) is 26.8. The van der Waals surface area contributed by atoms with Crippen molar-refractivity contribution in [2.45, 2.75) is 71.9 Å². The minimum Gasteiger partial charge on any atom is -0.445 e. The van der Waals surface area contributed by atoms with E-state index in [1.165, 1.54) is 4.90 Å². The molecule has 2 amide bonds. The highest BCUT2D eigenvalue weighted by Gasteiger charge is 2.41. The minimum atomic E-state index is -3.14. The van der Waals surface area contributed by atoms with Gasteiger partial charge in [-0.2, -0.15) is 0 Å². The van der Waals surface area contributed by atoms with Gasteiger partial charge in [0.05, 0.1) is 35.1 Å². The van der Waals surface area contributed by atoms with Crippen LogP contribution in [0.15, 0.2) is 54.6 Å². The second-order valence-corrected chi connectivity index (χ2v) is 14.7. The van der Waals surface area contributed by atoms with Crippen LogP contribution in [0.25, 0.3) is 21.9 Å². The van der Waals surface area contributed by atoms with Gasteiger partial charge in [-0.15, -0.1) is 0 Å². The molecule has 2 aromatic heterocycles. The van der Waals surface area contributed by atoms with Gasteiger partial charge in [0.2, 0.25) is 0 Å². The van der Waals surface area contributed by atoms with E-state index in [4.69, 9.17) is 20.2 Å². The number of para-hydroxylation sites is 1. The maximum absolute atomic E-state index is 13.1. The van der Waals surface area contributed by atoms with Gasteiger partial charge in [0.1, 0.15) is 23.5 Å². The third-order valence-electron chi connectivity index (χ3n) is 7.86. The number of nitrogens with two attached hydrogens (primary N) is 1. The highest BCUT2D eigenvalue weighted by Crippen LogP contribution is 2.30. The molecule has 5 rings (SSSR count). The van der Waals surface area contributed by atoms with Crippen molar-refractivity contribution in [1.29, 1.82) is 0 Å². The molecule has 0 radical (unpaired) electrons. The molecule has 0 unspecified atom stereocenters. The van der Waals surface area contributed by atoms with E-state index >= 15 is 0 Å². The maximum atomic E-state index is 13.1. The molecule has 2 aromatic carbocycles. The van der Waals surface area contributed by atoms with E-state index < -0.39 is 33.7 Å². The van der Waals surface area contributed by atoms with Crippen molar-refractivity contribution in [3.8, 4) is 0 Å². The summed E-state index contributed by atoms with van der Waals surface area (Å²) in [5.41, 5.74) is 8.69. The lowest BCUT2D eigenvalue weighted by molar-refractivity contribution is 0.0181. The Balaban J connectivity index is 1.37. The molecule has 1 saturated heterocycles. The molecule has 0 aliphatic carbocycles. The standard InChI is InChI=1S/C33H42N6O6S/c1-5-37(31(40)44-20-23-13-7-6-8-14-23)19-27-36-28-29(25-15-9-10-16-26(25)35-30(28)34)39(27)18-12-11-17-38(24-21-46(42,43)22-24)32(41)45-33(2,3)4/h6-10,13-16,24H,5,11-12,17-22H2,1-4H3,(H2,34,35). The molecule has 46 heavy (non-hydrogen) atoms. The lowest BCUT2D eigenvalue weighted by atomic mass is 10.2. The Labute approximate surface area is 269 Å². The molecular formula is C33H42N6O6S. The van der Waals surface area contributed by atoms with Gasteiger partial charge in [0, 0.05) is 25.0 Å². The Kier molecular flexibility index (Phi) is 9.71. The molecule has 4 aromatic rings. The summed E-state index contributed by atoms with van der Waals surface area (Å²) in [6.07, 6.45) is 0.255. The predicted molar refractivity (Wildman–Crippen MR) is 177 cm³/mol. The van der Waals surface area contributed by atoms with E-state index in [0.717, 1.165) is 22.0 Å². The summed E-state index contributed by atoms with van der Waals surface area (Å²) in [6.45, 7) is 8.85. The fraction of sp³-hybridized carbons (Fsp3) is 0.455. The molecule has 0 spiro atoms. The van der Waals surface area contributed by atoms with Crippen LogP contribution in [0.4, 0.5) is 15.4 Å². The van der Waals surface area contributed by atoms with Gasteiger partial charge in [-0.1, -0.05) is 48.5 Å². The van der Waals surface area contributed by atoms with Gasteiger partial charge in [0.25, 0.3) is 0 Å². The van der Waals surface area contributed by atoms with Crippen molar-refractivity contribution in [3.05, 3.63) is 66.0 Å². The van der Waals surface area contributed by atoms with Crippen LogP contribution >= 0.6 is 0 Å². The molecule has 12 nitrogen and oxygen atoms in total. The quantitative estimate of drug-likeness (QED) is 0.218. The largest absolute Gasteiger partial charge is 0.445 e. The molecule has 0 bridgehead atoms. The number of rotatable bonds is 11. The summed E-state index contributed by atoms with van der Waals surface area (Å²) >= 11 is 0. The molecule has 13 heteroatoms. The van der Waals surface area contributed by atoms with E-state index in [0.29, 0.717) is 49.6 Å². The highest BCUT2D eigenvalue weighted by atomic mass is 32.2. The summed E-state index contributed by atoms with van der Waals surface area (Å²) in [5.74, 6) is 0.806. The number of sulfone groups is 1. The van der Waals surface area contributed by atoms with E-state index in [1.54, 1.807) is 25.7 Å². The highest BCUT2D eigenvalue weighted by molar-refractivity contribution is 7.92. The average molecular weight is 651 g/mol. The molecule has 0 saturated carbocycles.